The topological polar surface area (TPSA) is 45.2 Å². The van der Waals surface area contributed by atoms with E-state index in [-0.39, 0.29) is 5.91 Å². The highest BCUT2D eigenvalue weighted by molar-refractivity contribution is 6.07. The maximum Gasteiger partial charge on any atom is 0.252 e. The molecular weight excluding hydrogens is 346 g/mol. The first kappa shape index (κ1) is 18.1. The average Bonchev–Trinajstić information content (AvgIpc) is 2.72. The number of para-hydroxylation sites is 1. The molecule has 0 aliphatic heterocycles. The van der Waals surface area contributed by atoms with E-state index in [9.17, 15) is 4.79 Å². The van der Waals surface area contributed by atoms with Crippen LogP contribution in [-0.4, -0.2) is 43.0 Å². The van der Waals surface area contributed by atoms with E-state index in [0.29, 0.717) is 12.1 Å². The van der Waals surface area contributed by atoms with Crippen molar-refractivity contribution in [2.45, 2.75) is 0 Å². The van der Waals surface area contributed by atoms with E-state index < -0.39 is 0 Å². The third-order valence-corrected chi connectivity index (χ3v) is 4.85. The molecule has 4 heteroatoms. The van der Waals surface area contributed by atoms with Crippen LogP contribution in [0, 0.1) is 0 Å². The van der Waals surface area contributed by atoms with Crippen molar-refractivity contribution in [3.8, 4) is 11.3 Å². The minimum Gasteiger partial charge on any atom is -0.351 e. The van der Waals surface area contributed by atoms with Gasteiger partial charge < -0.3 is 10.2 Å². The number of benzene rings is 3. The molecule has 1 aromatic heterocycles. The first-order chi connectivity index (χ1) is 13.6. The maximum atomic E-state index is 12.9. The molecule has 140 valence electrons. The number of likely N-dealkylation sites (N-methyl/N-ethyl adjacent to an activating group) is 1. The van der Waals surface area contributed by atoms with E-state index in [1.165, 1.54) is 5.39 Å². The van der Waals surface area contributed by atoms with Crippen molar-refractivity contribution in [1.29, 1.82) is 0 Å². The molecule has 1 N–H and O–H groups in total. The summed E-state index contributed by atoms with van der Waals surface area (Å²) in [6, 6.07) is 24.2. The minimum absolute atomic E-state index is 0.0671. The molecular formula is C24H23N3O. The van der Waals surface area contributed by atoms with Gasteiger partial charge in [-0.25, -0.2) is 4.98 Å². The highest BCUT2D eigenvalue weighted by Gasteiger charge is 2.14. The van der Waals surface area contributed by atoms with Crippen LogP contribution in [0.15, 0.2) is 72.8 Å². The summed E-state index contributed by atoms with van der Waals surface area (Å²) in [6.45, 7) is 1.40. The number of nitrogens with zero attached hydrogens (tertiary/aromatic N) is 2. The smallest absolute Gasteiger partial charge is 0.252 e. The van der Waals surface area contributed by atoms with Crippen molar-refractivity contribution in [3.05, 3.63) is 78.4 Å². The molecule has 0 fully saturated rings. The normalized spacial score (nSPS) is 11.2. The van der Waals surface area contributed by atoms with Gasteiger partial charge in [-0.15, -0.1) is 0 Å². The Bertz CT molecular complexity index is 1150. The van der Waals surface area contributed by atoms with E-state index in [1.807, 2.05) is 61.5 Å². The Hall–Kier alpha value is -3.24. The molecule has 0 aliphatic rings. The SMILES string of the molecule is CN(C)CCNC(=O)c1cc(-c2ccc3ccccc3c2)nc2ccccc12. The van der Waals surface area contributed by atoms with Gasteiger partial charge in [-0.3, -0.25) is 4.79 Å². The second kappa shape index (κ2) is 7.79. The summed E-state index contributed by atoms with van der Waals surface area (Å²) < 4.78 is 0. The van der Waals surface area contributed by atoms with Crippen LogP contribution in [0.3, 0.4) is 0 Å². The van der Waals surface area contributed by atoms with E-state index in [4.69, 9.17) is 4.98 Å². The van der Waals surface area contributed by atoms with Gasteiger partial charge in [0.15, 0.2) is 0 Å². The standard InChI is InChI=1S/C24H23N3O/c1-27(2)14-13-25-24(28)21-16-23(26-22-10-6-5-9-20(21)22)19-12-11-17-7-3-4-8-18(17)15-19/h3-12,15-16H,13-14H2,1-2H3,(H,25,28). The molecule has 0 unspecified atom stereocenters. The number of aromatic nitrogens is 1. The van der Waals surface area contributed by atoms with Crippen molar-refractivity contribution in [3.63, 3.8) is 0 Å². The fourth-order valence-electron chi connectivity index (χ4n) is 3.35. The predicted octanol–water partition coefficient (Wildman–Crippen LogP) is 4.35. The zero-order valence-electron chi connectivity index (χ0n) is 16.1. The van der Waals surface area contributed by atoms with E-state index >= 15 is 0 Å². The number of amides is 1. The summed E-state index contributed by atoms with van der Waals surface area (Å²) in [5.41, 5.74) is 3.30. The summed E-state index contributed by atoms with van der Waals surface area (Å²) >= 11 is 0. The molecule has 0 radical (unpaired) electrons. The van der Waals surface area contributed by atoms with Crippen molar-refractivity contribution in [2.75, 3.05) is 27.2 Å². The van der Waals surface area contributed by atoms with Gasteiger partial charge in [-0.05, 0) is 43.1 Å². The second-order valence-corrected chi connectivity index (χ2v) is 7.19. The zero-order chi connectivity index (χ0) is 19.5. The summed E-state index contributed by atoms with van der Waals surface area (Å²) in [6.07, 6.45) is 0. The van der Waals surface area contributed by atoms with Crippen molar-refractivity contribution in [1.82, 2.24) is 15.2 Å². The van der Waals surface area contributed by atoms with Crippen LogP contribution in [0.5, 0.6) is 0 Å². The quantitative estimate of drug-likeness (QED) is 0.569. The number of carbonyl (C=O) groups is 1. The Morgan fingerprint density at radius 1 is 0.929 bits per heavy atom. The van der Waals surface area contributed by atoms with Gasteiger partial charge in [0.25, 0.3) is 5.91 Å². The van der Waals surface area contributed by atoms with Crippen LogP contribution in [0.4, 0.5) is 0 Å². The average molecular weight is 369 g/mol. The highest BCUT2D eigenvalue weighted by Crippen LogP contribution is 2.27. The fourth-order valence-corrected chi connectivity index (χ4v) is 3.35. The number of hydrogen-bond acceptors (Lipinski definition) is 3. The summed E-state index contributed by atoms with van der Waals surface area (Å²) in [5, 5.41) is 6.24. The van der Waals surface area contributed by atoms with E-state index in [2.05, 4.69) is 35.6 Å². The lowest BCUT2D eigenvalue weighted by Crippen LogP contribution is -2.31. The van der Waals surface area contributed by atoms with Crippen LogP contribution in [0.1, 0.15) is 10.4 Å². The highest BCUT2D eigenvalue weighted by atomic mass is 16.1. The molecule has 0 aliphatic carbocycles. The number of fused-ring (bicyclic) bond motifs is 2. The number of pyridine rings is 1. The van der Waals surface area contributed by atoms with Crippen LogP contribution >= 0.6 is 0 Å². The molecule has 0 spiro atoms. The molecule has 1 amide bonds. The number of carbonyl (C=O) groups excluding carboxylic acids is 1. The van der Waals surface area contributed by atoms with Crippen molar-refractivity contribution >= 4 is 27.6 Å². The lowest BCUT2D eigenvalue weighted by molar-refractivity contribution is 0.0952. The number of nitrogens with one attached hydrogen (secondary N) is 1. The molecule has 0 bridgehead atoms. The Balaban J connectivity index is 1.77. The molecule has 1 heterocycles. The fraction of sp³-hybridized carbons (Fsp3) is 0.167. The molecule has 4 rings (SSSR count). The van der Waals surface area contributed by atoms with Gasteiger partial charge in [0.1, 0.15) is 0 Å². The summed E-state index contributed by atoms with van der Waals surface area (Å²) in [4.78, 5) is 19.7. The van der Waals surface area contributed by atoms with E-state index in [0.717, 1.165) is 34.1 Å². The van der Waals surface area contributed by atoms with Gasteiger partial charge in [0, 0.05) is 24.0 Å². The first-order valence-electron chi connectivity index (χ1n) is 9.44. The Kier molecular flexibility index (Phi) is 5.04. The third kappa shape index (κ3) is 3.73. The monoisotopic (exact) mass is 369 g/mol. The molecule has 4 aromatic rings. The number of hydrogen-bond donors (Lipinski definition) is 1. The van der Waals surface area contributed by atoms with Crippen molar-refractivity contribution in [2.24, 2.45) is 0 Å². The second-order valence-electron chi connectivity index (χ2n) is 7.19. The Morgan fingerprint density at radius 2 is 1.68 bits per heavy atom. The molecule has 28 heavy (non-hydrogen) atoms. The van der Waals surface area contributed by atoms with Crippen LogP contribution in [-0.2, 0) is 0 Å². The van der Waals surface area contributed by atoms with Crippen LogP contribution in [0.2, 0.25) is 0 Å². The minimum atomic E-state index is -0.0671. The van der Waals surface area contributed by atoms with Gasteiger partial charge in [0.05, 0.1) is 16.8 Å². The number of rotatable bonds is 5. The van der Waals surface area contributed by atoms with Gasteiger partial charge in [-0.1, -0.05) is 54.6 Å². The lowest BCUT2D eigenvalue weighted by Gasteiger charge is -2.13. The molecule has 0 saturated heterocycles. The maximum absolute atomic E-state index is 12.9. The van der Waals surface area contributed by atoms with Crippen molar-refractivity contribution < 1.29 is 4.79 Å². The Morgan fingerprint density at radius 3 is 2.50 bits per heavy atom. The molecule has 0 saturated carbocycles. The zero-order valence-corrected chi connectivity index (χ0v) is 16.1. The molecule has 0 atom stereocenters. The summed E-state index contributed by atoms with van der Waals surface area (Å²) in [7, 11) is 3.98. The van der Waals surface area contributed by atoms with Gasteiger partial charge >= 0.3 is 0 Å². The first-order valence-corrected chi connectivity index (χ1v) is 9.44. The van der Waals surface area contributed by atoms with Gasteiger partial charge in [0.2, 0.25) is 0 Å². The Labute approximate surface area is 164 Å². The summed E-state index contributed by atoms with van der Waals surface area (Å²) in [5.74, 6) is -0.0671. The van der Waals surface area contributed by atoms with E-state index in [1.54, 1.807) is 0 Å². The third-order valence-electron chi connectivity index (χ3n) is 4.85. The van der Waals surface area contributed by atoms with Crippen LogP contribution < -0.4 is 5.32 Å². The largest absolute Gasteiger partial charge is 0.351 e. The van der Waals surface area contributed by atoms with Crippen LogP contribution in [0.25, 0.3) is 32.9 Å². The lowest BCUT2D eigenvalue weighted by atomic mass is 10.0. The molecule has 3 aromatic carbocycles. The molecule has 4 nitrogen and oxygen atoms in total. The van der Waals surface area contributed by atoms with Gasteiger partial charge in [-0.2, -0.15) is 0 Å². The predicted molar refractivity (Wildman–Crippen MR) is 116 cm³/mol.